The summed E-state index contributed by atoms with van der Waals surface area (Å²) in [5.41, 5.74) is 8.20. The summed E-state index contributed by atoms with van der Waals surface area (Å²) in [6, 6.07) is -3.69. The summed E-state index contributed by atoms with van der Waals surface area (Å²) < 4.78 is 30.9. The molecule has 0 saturated heterocycles. The number of esters is 2. The summed E-state index contributed by atoms with van der Waals surface area (Å²) in [7, 11) is 1.86. The van der Waals surface area contributed by atoms with Crippen LogP contribution >= 0.6 is 7.67 Å². The van der Waals surface area contributed by atoms with Gasteiger partial charge in [-0.15, -0.1) is 5.48 Å². The molecular weight excluding hydrogens is 715 g/mol. The van der Waals surface area contributed by atoms with E-state index in [0.717, 1.165) is 0 Å². The van der Waals surface area contributed by atoms with Crippen molar-refractivity contribution in [1.29, 1.82) is 0 Å². The van der Waals surface area contributed by atoms with Gasteiger partial charge in [-0.05, 0) is 60.9 Å². The van der Waals surface area contributed by atoms with Gasteiger partial charge in [0.05, 0.1) is 25.8 Å². The second kappa shape index (κ2) is 20.4. The molecule has 52 heavy (non-hydrogen) atoms. The third-order valence-corrected chi connectivity index (χ3v) is 9.83. The zero-order valence-electron chi connectivity index (χ0n) is 29.4. The molecule has 5 atom stereocenters. The average Bonchev–Trinajstić information content (AvgIpc) is 3.70. The molecule has 0 saturated carbocycles. The molecule has 22 nitrogen and oxygen atoms in total. The maximum Gasteiger partial charge on any atom is 0.395 e. The van der Waals surface area contributed by atoms with E-state index in [9.17, 15) is 48.7 Å². The number of imidazole rings is 1. The molecule has 9 N–H and O–H groups in total. The highest BCUT2D eigenvalue weighted by molar-refractivity contribution is 7.54. The number of amides is 2. The van der Waals surface area contributed by atoms with E-state index in [0.29, 0.717) is 25.1 Å². The third-order valence-electron chi connectivity index (χ3n) is 7.39. The largest absolute Gasteiger partial charge is 0.505 e. The van der Waals surface area contributed by atoms with Crippen molar-refractivity contribution in [2.75, 3.05) is 41.3 Å². The minimum atomic E-state index is -3.81. The molecule has 23 heteroatoms. The highest BCUT2D eigenvalue weighted by Crippen LogP contribution is 2.53. The average molecular weight is 763 g/mol. The number of cyclic esters (lactones) is 1. The highest BCUT2D eigenvalue weighted by Gasteiger charge is 2.46. The normalized spacial score (nSPS) is 16.9. The number of unbranched alkanes of at least 4 members (excludes halogenated alkanes) is 1. The number of aliphatic carboxylic acids is 1. The molecular formula is C29H47N8O14P. The summed E-state index contributed by atoms with van der Waals surface area (Å²) in [6.45, 7) is 0.710. The molecule has 0 bridgehead atoms. The van der Waals surface area contributed by atoms with Gasteiger partial charge < -0.3 is 55.5 Å². The van der Waals surface area contributed by atoms with Gasteiger partial charge in [0.1, 0.15) is 18.1 Å². The predicted octanol–water partition coefficient (Wildman–Crippen LogP) is -1.80. The Morgan fingerprint density at radius 3 is 2.25 bits per heavy atom. The van der Waals surface area contributed by atoms with Crippen molar-refractivity contribution in [2.45, 2.75) is 75.8 Å². The van der Waals surface area contributed by atoms with Gasteiger partial charge in [0.25, 0.3) is 5.76 Å². The van der Waals surface area contributed by atoms with Gasteiger partial charge in [0.2, 0.25) is 17.9 Å². The van der Waals surface area contributed by atoms with Crippen molar-refractivity contribution >= 4 is 43.4 Å². The molecule has 0 fully saturated rings. The molecule has 2 heterocycles. The van der Waals surface area contributed by atoms with Crippen LogP contribution in [0.15, 0.2) is 24.0 Å². The minimum absolute atomic E-state index is 0.0890. The van der Waals surface area contributed by atoms with Crippen LogP contribution in [0.2, 0.25) is 0 Å². The predicted molar refractivity (Wildman–Crippen MR) is 177 cm³/mol. The van der Waals surface area contributed by atoms with Crippen LogP contribution in [0.5, 0.6) is 0 Å². The fraction of sp³-hybridized carbons (Fsp3) is 0.621. The van der Waals surface area contributed by atoms with Crippen LogP contribution in [0.3, 0.4) is 0 Å². The summed E-state index contributed by atoms with van der Waals surface area (Å²) in [4.78, 5) is 86.2. The molecule has 1 aromatic rings. The number of nitrogens with zero attached hydrogens (tertiary/aromatic N) is 3. The molecule has 0 aromatic carbocycles. The lowest BCUT2D eigenvalue weighted by atomic mass is 10.1. The number of carboxylic acid groups (broad SMARTS) is 1. The molecule has 292 valence electrons. The van der Waals surface area contributed by atoms with E-state index in [4.69, 9.17) is 24.6 Å². The topological polar surface area (TPSA) is 314 Å². The maximum absolute atomic E-state index is 13.1. The molecule has 2 amide bonds. The summed E-state index contributed by atoms with van der Waals surface area (Å²) >= 11 is 0. The summed E-state index contributed by atoms with van der Waals surface area (Å²) in [5, 5.41) is 34.8. The van der Waals surface area contributed by atoms with Gasteiger partial charge in [0.15, 0.2) is 11.9 Å². The van der Waals surface area contributed by atoms with Gasteiger partial charge >= 0.3 is 31.5 Å². The zero-order valence-corrected chi connectivity index (χ0v) is 30.3. The number of hydroxylamine groups is 1. The first-order valence-corrected chi connectivity index (χ1v) is 17.5. The number of aliphatic hydroxyl groups excluding tert-OH is 2. The fourth-order valence-electron chi connectivity index (χ4n) is 4.47. The molecule has 5 unspecified atom stereocenters. The van der Waals surface area contributed by atoms with Gasteiger partial charge in [-0.25, -0.2) is 28.5 Å². The van der Waals surface area contributed by atoms with E-state index < -0.39 is 105 Å². The number of carbonyl (C=O) groups excluding carboxylic acids is 5. The van der Waals surface area contributed by atoms with Crippen LogP contribution in [0.25, 0.3) is 0 Å². The Labute approximate surface area is 298 Å². The third kappa shape index (κ3) is 12.6. The van der Waals surface area contributed by atoms with Crippen molar-refractivity contribution in [3.05, 3.63) is 29.7 Å². The molecule has 2 rings (SSSR count). The quantitative estimate of drug-likeness (QED) is 0.0200. The monoisotopic (exact) mass is 762 g/mol. The van der Waals surface area contributed by atoms with Crippen LogP contribution in [-0.2, 0) is 58.6 Å². The fourth-order valence-corrected chi connectivity index (χ4v) is 5.91. The Morgan fingerprint density at radius 1 is 1.06 bits per heavy atom. The van der Waals surface area contributed by atoms with Crippen molar-refractivity contribution in [2.24, 2.45) is 5.73 Å². The SMILES string of the molecule is CC(NOC(=O)CCC(=O)OC(CO)C1OC(=O)C(OP(=O)(N(C)C)N(C)C)=C1O)C(=O)NC(CCCCN)C(=O)NC(Cc1cnc[nH]1)C(=O)O. The van der Waals surface area contributed by atoms with E-state index in [1.807, 2.05) is 0 Å². The molecule has 1 aliphatic heterocycles. The number of aromatic amines is 1. The first kappa shape index (κ1) is 43.6. The van der Waals surface area contributed by atoms with Crippen LogP contribution in [0, 0.1) is 0 Å². The van der Waals surface area contributed by atoms with Crippen LogP contribution in [0.4, 0.5) is 0 Å². The lowest BCUT2D eigenvalue weighted by molar-refractivity contribution is -0.167. The minimum Gasteiger partial charge on any atom is -0.505 e. The molecule has 0 aliphatic carbocycles. The van der Waals surface area contributed by atoms with Crippen LogP contribution < -0.4 is 21.8 Å². The first-order chi connectivity index (χ1) is 24.4. The van der Waals surface area contributed by atoms with Crippen LogP contribution in [-0.4, -0.2) is 142 Å². The van der Waals surface area contributed by atoms with Crippen molar-refractivity contribution in [3.8, 4) is 0 Å². The van der Waals surface area contributed by atoms with Gasteiger partial charge in [-0.3, -0.25) is 19.2 Å². The lowest BCUT2D eigenvalue weighted by Gasteiger charge is -2.29. The van der Waals surface area contributed by atoms with Crippen molar-refractivity contribution < 1.29 is 67.5 Å². The smallest absolute Gasteiger partial charge is 0.395 e. The number of carboxylic acids is 1. The van der Waals surface area contributed by atoms with E-state index in [1.165, 1.54) is 57.0 Å². The number of hydrogen-bond donors (Lipinski definition) is 8. The van der Waals surface area contributed by atoms with Crippen molar-refractivity contribution in [3.63, 3.8) is 0 Å². The number of rotatable bonds is 23. The molecule has 1 aliphatic rings. The molecule has 1 aromatic heterocycles. The Hall–Kier alpha value is -4.60. The summed E-state index contributed by atoms with van der Waals surface area (Å²) in [5.74, 6) is -7.80. The van der Waals surface area contributed by atoms with Crippen molar-refractivity contribution in [1.82, 2.24) is 35.4 Å². The highest BCUT2D eigenvalue weighted by atomic mass is 31.2. The Morgan fingerprint density at radius 2 is 1.69 bits per heavy atom. The number of aliphatic hydroxyl groups is 2. The van der Waals surface area contributed by atoms with E-state index in [-0.39, 0.29) is 12.8 Å². The number of aromatic nitrogens is 2. The summed E-state index contributed by atoms with van der Waals surface area (Å²) in [6.07, 6.45) is -0.737. The Balaban J connectivity index is 1.91. The maximum atomic E-state index is 13.1. The number of nitrogens with one attached hydrogen (secondary N) is 4. The number of H-pyrrole nitrogens is 1. The van der Waals surface area contributed by atoms with E-state index >= 15 is 0 Å². The second-order valence-corrected chi connectivity index (χ2v) is 14.6. The number of carbonyl (C=O) groups is 6. The van der Waals surface area contributed by atoms with Gasteiger partial charge in [0, 0.05) is 18.3 Å². The molecule has 0 spiro atoms. The van der Waals surface area contributed by atoms with Gasteiger partial charge in [-0.2, -0.15) is 0 Å². The number of nitrogens with two attached hydrogens (primary N) is 1. The second-order valence-electron chi connectivity index (χ2n) is 11.9. The zero-order chi connectivity index (χ0) is 39.2. The Bertz CT molecular complexity index is 1480. The first-order valence-electron chi connectivity index (χ1n) is 16.0. The molecule has 0 radical (unpaired) electrons. The van der Waals surface area contributed by atoms with E-state index in [2.05, 4.69) is 26.1 Å². The standard InChI is InChI=1S/C29H47N8O14P/c1-16(26(42)33-18(8-6-7-11-30)27(43)34-19(28(44)45)12-17-13-31-15-32-17)35-50-22(40)10-9-21(39)48-20(14-38)24-23(41)25(29(46)49-24)51-52(47,36(2)3)37(4)5/h13,15-16,18-20,24,35,38,41H,6-12,14,30H2,1-5H3,(H,31,32)(H,33,42)(H,34,43)(H,44,45). The van der Waals surface area contributed by atoms with Crippen LogP contribution in [0.1, 0.15) is 44.7 Å². The van der Waals surface area contributed by atoms with E-state index in [1.54, 1.807) is 0 Å². The number of hydrogen-bond acceptors (Lipinski definition) is 16. The Kier molecular flexibility index (Phi) is 17.1. The van der Waals surface area contributed by atoms with Gasteiger partial charge in [-0.1, -0.05) is 0 Å². The number of ether oxygens (including phenoxy) is 2. The lowest BCUT2D eigenvalue weighted by Crippen LogP contribution is -2.55.